The van der Waals surface area contributed by atoms with Gasteiger partial charge in [-0.15, -0.1) is 0 Å². The monoisotopic (exact) mass is 498 g/mol. The largest absolute Gasteiger partial charge is 0.494 e. The molecule has 1 aliphatic rings. The molecule has 0 saturated carbocycles. The molecule has 0 unspecified atom stereocenters. The standard InChI is InChI=1S/C28H19ClN2O5/c29-19-8-5-17(6-9-19)16-36-21-12-10-20(11-13-21)31-27(34)24(26(33)30-28(31)35)15-23-22-4-2-1-3-18(22)7-14-25(23)32/h1-15,34H,16H2,(H,30,33,35). The minimum absolute atomic E-state index is 0.203. The van der Waals surface area contributed by atoms with Crippen molar-refractivity contribution in [3.05, 3.63) is 127 Å². The maximum atomic E-state index is 12.6. The summed E-state index contributed by atoms with van der Waals surface area (Å²) in [6.07, 6.45) is 4.40. The van der Waals surface area contributed by atoms with Gasteiger partial charge in [0.05, 0.1) is 5.69 Å². The summed E-state index contributed by atoms with van der Waals surface area (Å²) in [5.41, 5.74) is 1.10. The highest BCUT2D eigenvalue weighted by atomic mass is 35.5. The Labute approximate surface area is 210 Å². The van der Waals surface area contributed by atoms with Crippen LogP contribution in [0.4, 0.5) is 0 Å². The van der Waals surface area contributed by atoms with Crippen molar-refractivity contribution in [3.8, 4) is 17.3 Å². The maximum absolute atomic E-state index is 12.6. The fourth-order valence-electron chi connectivity index (χ4n) is 3.92. The van der Waals surface area contributed by atoms with Crippen molar-refractivity contribution >= 4 is 35.1 Å². The number of rotatable bonds is 5. The number of allylic oxidation sites excluding steroid dienone is 2. The molecular formula is C28H19ClN2O5. The number of ketones is 1. The number of H-pyrrole nitrogens is 1. The first kappa shape index (κ1) is 23.1. The Hall–Kier alpha value is -4.62. The van der Waals surface area contributed by atoms with E-state index in [2.05, 4.69) is 4.98 Å². The van der Waals surface area contributed by atoms with Gasteiger partial charge in [-0.05, 0) is 65.2 Å². The predicted molar refractivity (Wildman–Crippen MR) is 138 cm³/mol. The summed E-state index contributed by atoms with van der Waals surface area (Å²) in [7, 11) is 0. The number of ether oxygens (including phenoxy) is 1. The SMILES string of the molecule is O=C1C=Cc2ccccc2C1=Cc1c(O)n(-c2ccc(OCc3ccc(Cl)cc3)cc2)c(=O)[nH]c1=O. The van der Waals surface area contributed by atoms with Crippen molar-refractivity contribution < 1.29 is 14.6 Å². The van der Waals surface area contributed by atoms with E-state index < -0.39 is 17.1 Å². The van der Waals surface area contributed by atoms with Crippen LogP contribution >= 0.6 is 11.6 Å². The molecule has 4 aromatic rings. The number of carbonyl (C=O) groups excluding carboxylic acids is 1. The normalized spacial score (nSPS) is 13.6. The lowest BCUT2D eigenvalue weighted by molar-refractivity contribution is -0.109. The summed E-state index contributed by atoms with van der Waals surface area (Å²) < 4.78 is 6.73. The van der Waals surface area contributed by atoms with Gasteiger partial charge in [-0.1, -0.05) is 54.1 Å². The molecule has 0 radical (unpaired) electrons. The summed E-state index contributed by atoms with van der Waals surface area (Å²) in [4.78, 5) is 40.0. The molecule has 7 nitrogen and oxygen atoms in total. The van der Waals surface area contributed by atoms with Crippen LogP contribution in [0.2, 0.25) is 5.02 Å². The van der Waals surface area contributed by atoms with Gasteiger partial charge >= 0.3 is 5.69 Å². The number of halogens is 1. The van der Waals surface area contributed by atoms with E-state index in [0.29, 0.717) is 28.6 Å². The molecule has 0 amide bonds. The Bertz CT molecular complexity index is 1650. The number of aromatic hydroxyl groups is 1. The van der Waals surface area contributed by atoms with Crippen LogP contribution in [0.1, 0.15) is 22.3 Å². The summed E-state index contributed by atoms with van der Waals surface area (Å²) in [6.45, 7) is 0.321. The van der Waals surface area contributed by atoms with Crippen LogP contribution in [0.15, 0.2) is 88.5 Å². The number of hydrogen-bond acceptors (Lipinski definition) is 5. The first-order valence-corrected chi connectivity index (χ1v) is 11.4. The molecule has 1 aromatic heterocycles. The molecular weight excluding hydrogens is 480 g/mol. The lowest BCUT2D eigenvalue weighted by Crippen LogP contribution is -2.30. The quantitative estimate of drug-likeness (QED) is 0.392. The third-order valence-corrected chi connectivity index (χ3v) is 6.01. The second kappa shape index (κ2) is 9.56. The summed E-state index contributed by atoms with van der Waals surface area (Å²) in [5, 5.41) is 11.6. The second-order valence-corrected chi connectivity index (χ2v) is 8.52. The van der Waals surface area contributed by atoms with E-state index in [1.54, 1.807) is 54.6 Å². The average molecular weight is 499 g/mol. The van der Waals surface area contributed by atoms with Crippen molar-refractivity contribution in [2.75, 3.05) is 0 Å². The van der Waals surface area contributed by atoms with Gasteiger partial charge in [-0.3, -0.25) is 14.6 Å². The van der Waals surface area contributed by atoms with E-state index in [9.17, 15) is 19.5 Å². The molecule has 0 fully saturated rings. The van der Waals surface area contributed by atoms with Crippen molar-refractivity contribution in [1.29, 1.82) is 0 Å². The van der Waals surface area contributed by atoms with Crippen LogP contribution in [0, 0.1) is 0 Å². The number of aromatic nitrogens is 2. The van der Waals surface area contributed by atoms with Crippen LogP contribution in [-0.2, 0) is 11.4 Å². The van der Waals surface area contributed by atoms with E-state index in [4.69, 9.17) is 16.3 Å². The lowest BCUT2D eigenvalue weighted by Gasteiger charge is -2.14. The van der Waals surface area contributed by atoms with Gasteiger partial charge in [0, 0.05) is 10.6 Å². The zero-order valence-corrected chi connectivity index (χ0v) is 19.5. The van der Waals surface area contributed by atoms with E-state index >= 15 is 0 Å². The number of carbonyl (C=O) groups is 1. The first-order chi connectivity index (χ1) is 17.4. The van der Waals surface area contributed by atoms with Crippen LogP contribution in [-0.4, -0.2) is 20.4 Å². The number of aromatic amines is 1. The Balaban J connectivity index is 1.48. The van der Waals surface area contributed by atoms with Gasteiger partial charge in [0.25, 0.3) is 5.56 Å². The zero-order chi connectivity index (χ0) is 25.2. The van der Waals surface area contributed by atoms with Gasteiger partial charge < -0.3 is 9.84 Å². The highest BCUT2D eigenvalue weighted by Gasteiger charge is 2.20. The van der Waals surface area contributed by atoms with Gasteiger partial charge in [0.15, 0.2) is 5.78 Å². The highest BCUT2D eigenvalue weighted by molar-refractivity contribution is 6.33. The number of nitrogens with one attached hydrogen (secondary N) is 1. The smallest absolute Gasteiger partial charge is 0.335 e. The topological polar surface area (TPSA) is 101 Å². The molecule has 36 heavy (non-hydrogen) atoms. The molecule has 2 N–H and O–H groups in total. The highest BCUT2D eigenvalue weighted by Crippen LogP contribution is 2.30. The molecule has 0 saturated heterocycles. The van der Waals surface area contributed by atoms with Crippen LogP contribution in [0.5, 0.6) is 11.6 Å². The zero-order valence-electron chi connectivity index (χ0n) is 18.8. The fraction of sp³-hybridized carbons (Fsp3) is 0.0357. The van der Waals surface area contributed by atoms with Gasteiger partial charge in [-0.2, -0.15) is 0 Å². The van der Waals surface area contributed by atoms with Crippen LogP contribution in [0.25, 0.3) is 23.4 Å². The van der Waals surface area contributed by atoms with E-state index in [0.717, 1.165) is 15.7 Å². The minimum Gasteiger partial charge on any atom is -0.494 e. The molecule has 0 spiro atoms. The van der Waals surface area contributed by atoms with Crippen molar-refractivity contribution in [2.45, 2.75) is 6.61 Å². The maximum Gasteiger partial charge on any atom is 0.335 e. The first-order valence-electron chi connectivity index (χ1n) is 11.0. The van der Waals surface area contributed by atoms with E-state index in [-0.39, 0.29) is 16.9 Å². The Kier molecular flexibility index (Phi) is 6.14. The van der Waals surface area contributed by atoms with Gasteiger partial charge in [0.2, 0.25) is 5.88 Å². The minimum atomic E-state index is -0.815. The molecule has 5 rings (SSSR count). The molecule has 0 aliphatic heterocycles. The van der Waals surface area contributed by atoms with Gasteiger partial charge in [0.1, 0.15) is 17.9 Å². The van der Waals surface area contributed by atoms with Crippen molar-refractivity contribution in [1.82, 2.24) is 9.55 Å². The lowest BCUT2D eigenvalue weighted by atomic mass is 9.90. The van der Waals surface area contributed by atoms with E-state index in [1.165, 1.54) is 12.2 Å². The van der Waals surface area contributed by atoms with Crippen LogP contribution in [0.3, 0.4) is 0 Å². The average Bonchev–Trinajstić information content (AvgIpc) is 2.88. The number of hydrogen-bond donors (Lipinski definition) is 2. The summed E-state index contributed by atoms with van der Waals surface area (Å²) in [6, 6.07) is 20.9. The Morgan fingerprint density at radius 2 is 1.64 bits per heavy atom. The van der Waals surface area contributed by atoms with Crippen molar-refractivity contribution in [2.24, 2.45) is 0 Å². The number of benzene rings is 3. The predicted octanol–water partition coefficient (Wildman–Crippen LogP) is 4.60. The molecule has 3 aromatic carbocycles. The van der Waals surface area contributed by atoms with E-state index in [1.807, 2.05) is 24.3 Å². The number of fused-ring (bicyclic) bond motifs is 1. The summed E-state index contributed by atoms with van der Waals surface area (Å²) >= 11 is 5.90. The molecule has 1 aliphatic carbocycles. The summed E-state index contributed by atoms with van der Waals surface area (Å²) in [5.74, 6) is -0.345. The molecule has 0 bridgehead atoms. The molecule has 178 valence electrons. The van der Waals surface area contributed by atoms with Gasteiger partial charge in [-0.25, -0.2) is 9.36 Å². The third-order valence-electron chi connectivity index (χ3n) is 5.75. The van der Waals surface area contributed by atoms with Crippen LogP contribution < -0.4 is 16.0 Å². The fourth-order valence-corrected chi connectivity index (χ4v) is 4.04. The Morgan fingerprint density at radius 1 is 0.917 bits per heavy atom. The van der Waals surface area contributed by atoms with Crippen molar-refractivity contribution in [3.63, 3.8) is 0 Å². The number of nitrogens with zero attached hydrogens (tertiary/aromatic N) is 1. The molecule has 0 atom stereocenters. The second-order valence-electron chi connectivity index (χ2n) is 8.08. The third kappa shape index (κ3) is 4.52. The molecule has 1 heterocycles. The Morgan fingerprint density at radius 3 is 2.39 bits per heavy atom. The molecule has 8 heteroatoms.